The predicted octanol–water partition coefficient (Wildman–Crippen LogP) is -0.996. The van der Waals surface area contributed by atoms with Gasteiger partial charge in [0.05, 0.1) is 6.54 Å². The summed E-state index contributed by atoms with van der Waals surface area (Å²) < 4.78 is 1.70. The van der Waals surface area contributed by atoms with Gasteiger partial charge in [-0.25, -0.2) is 4.68 Å². The van der Waals surface area contributed by atoms with Crippen molar-refractivity contribution in [2.75, 3.05) is 20.1 Å². The molecule has 0 bridgehead atoms. The zero-order valence-corrected chi connectivity index (χ0v) is 8.64. The van der Waals surface area contributed by atoms with Crippen molar-refractivity contribution in [1.29, 1.82) is 0 Å². The van der Waals surface area contributed by atoms with Gasteiger partial charge in [-0.15, -0.1) is 5.10 Å². The van der Waals surface area contributed by atoms with Gasteiger partial charge in [-0.05, 0) is 30.4 Å². The van der Waals surface area contributed by atoms with Gasteiger partial charge in [0.25, 0.3) is 0 Å². The van der Waals surface area contributed by atoms with Crippen molar-refractivity contribution < 1.29 is 0 Å². The van der Waals surface area contributed by atoms with Gasteiger partial charge in [-0.2, -0.15) is 0 Å². The molecule has 2 heterocycles. The van der Waals surface area contributed by atoms with Gasteiger partial charge >= 0.3 is 0 Å². The Morgan fingerprint density at radius 2 is 2.36 bits per heavy atom. The van der Waals surface area contributed by atoms with E-state index in [2.05, 4.69) is 32.8 Å². The normalized spacial score (nSPS) is 23.1. The van der Waals surface area contributed by atoms with Crippen molar-refractivity contribution in [3.05, 3.63) is 5.82 Å². The summed E-state index contributed by atoms with van der Waals surface area (Å²) in [6.45, 7) is 3.04. The summed E-state index contributed by atoms with van der Waals surface area (Å²) in [6, 6.07) is 0.580. The number of aryl methyl sites for hydroxylation is 1. The summed E-state index contributed by atoms with van der Waals surface area (Å²) in [5.41, 5.74) is 0. The molecule has 1 atom stereocenters. The first-order valence-corrected chi connectivity index (χ1v) is 4.89. The van der Waals surface area contributed by atoms with E-state index >= 15 is 0 Å². The molecule has 0 amide bonds. The summed E-state index contributed by atoms with van der Waals surface area (Å²) in [7, 11) is 4.00. The number of likely N-dealkylation sites (tertiary alicyclic amines) is 1. The minimum absolute atomic E-state index is 0.580. The van der Waals surface area contributed by atoms with Crippen molar-refractivity contribution in [2.45, 2.75) is 19.0 Å². The monoisotopic (exact) mass is 196 g/mol. The summed E-state index contributed by atoms with van der Waals surface area (Å²) in [4.78, 5) is 2.33. The van der Waals surface area contributed by atoms with E-state index in [-0.39, 0.29) is 0 Å². The zero-order valence-electron chi connectivity index (χ0n) is 8.64. The van der Waals surface area contributed by atoms with Crippen LogP contribution in [0.3, 0.4) is 0 Å². The third kappa shape index (κ3) is 2.08. The standard InChI is InChI=1S/C8H16N6/c1-13-4-3-7(6-13)9-5-8-10-11-12-14(8)2/h7,9H,3-6H2,1-2H3. The molecule has 1 saturated heterocycles. The number of hydrogen-bond acceptors (Lipinski definition) is 5. The van der Waals surface area contributed by atoms with Gasteiger partial charge in [0.2, 0.25) is 0 Å². The molecule has 6 nitrogen and oxygen atoms in total. The van der Waals surface area contributed by atoms with E-state index in [4.69, 9.17) is 0 Å². The van der Waals surface area contributed by atoms with Crippen molar-refractivity contribution in [3.8, 4) is 0 Å². The van der Waals surface area contributed by atoms with Crippen LogP contribution in [0.2, 0.25) is 0 Å². The maximum absolute atomic E-state index is 3.92. The topological polar surface area (TPSA) is 58.9 Å². The average molecular weight is 196 g/mol. The molecule has 0 radical (unpaired) electrons. The van der Waals surface area contributed by atoms with E-state index in [1.807, 2.05) is 7.05 Å². The Hall–Kier alpha value is -1.01. The average Bonchev–Trinajstić information content (AvgIpc) is 2.72. The Kier molecular flexibility index (Phi) is 2.74. The minimum Gasteiger partial charge on any atom is -0.306 e. The van der Waals surface area contributed by atoms with Crippen molar-refractivity contribution in [3.63, 3.8) is 0 Å². The highest BCUT2D eigenvalue weighted by Crippen LogP contribution is 2.06. The molecule has 1 aliphatic rings. The fourth-order valence-electron chi connectivity index (χ4n) is 1.73. The van der Waals surface area contributed by atoms with Gasteiger partial charge < -0.3 is 10.2 Å². The molecule has 78 valence electrons. The van der Waals surface area contributed by atoms with Gasteiger partial charge in [0.1, 0.15) is 0 Å². The Balaban J connectivity index is 1.80. The Morgan fingerprint density at radius 1 is 1.50 bits per heavy atom. The molecule has 0 aliphatic carbocycles. The molecule has 1 N–H and O–H groups in total. The Morgan fingerprint density at radius 3 is 2.93 bits per heavy atom. The molecule has 14 heavy (non-hydrogen) atoms. The highest BCUT2D eigenvalue weighted by Gasteiger charge is 2.18. The van der Waals surface area contributed by atoms with Gasteiger partial charge in [-0.1, -0.05) is 0 Å². The fraction of sp³-hybridized carbons (Fsp3) is 0.875. The number of rotatable bonds is 3. The molecule has 1 aliphatic heterocycles. The molecule has 1 aromatic heterocycles. The molecule has 2 rings (SSSR count). The van der Waals surface area contributed by atoms with E-state index in [0.717, 1.165) is 18.9 Å². The van der Waals surface area contributed by atoms with Gasteiger partial charge in [0.15, 0.2) is 5.82 Å². The summed E-state index contributed by atoms with van der Waals surface area (Å²) in [6.07, 6.45) is 1.21. The first kappa shape index (κ1) is 9.54. The van der Waals surface area contributed by atoms with Crippen LogP contribution in [0, 0.1) is 0 Å². The lowest BCUT2D eigenvalue weighted by atomic mass is 10.2. The quantitative estimate of drug-likeness (QED) is 0.672. The van der Waals surface area contributed by atoms with Crippen LogP contribution in [0.5, 0.6) is 0 Å². The molecular formula is C8H16N6. The van der Waals surface area contributed by atoms with Crippen molar-refractivity contribution >= 4 is 0 Å². The van der Waals surface area contributed by atoms with Gasteiger partial charge in [-0.3, -0.25) is 0 Å². The van der Waals surface area contributed by atoms with Crippen molar-refractivity contribution in [2.24, 2.45) is 7.05 Å². The maximum Gasteiger partial charge on any atom is 0.164 e. The summed E-state index contributed by atoms with van der Waals surface area (Å²) >= 11 is 0. The Labute approximate surface area is 83.3 Å². The SMILES string of the molecule is CN1CCC(NCc2nnnn2C)C1. The maximum atomic E-state index is 3.92. The molecule has 6 heteroatoms. The second-order valence-electron chi connectivity index (χ2n) is 3.85. The molecule has 1 unspecified atom stereocenters. The van der Waals surface area contributed by atoms with Crippen LogP contribution in [-0.4, -0.2) is 51.3 Å². The Bertz CT molecular complexity index is 296. The van der Waals surface area contributed by atoms with E-state index < -0.39 is 0 Å². The predicted molar refractivity (Wildman–Crippen MR) is 51.5 cm³/mol. The second-order valence-corrected chi connectivity index (χ2v) is 3.85. The van der Waals surface area contributed by atoms with Crippen LogP contribution in [0.25, 0.3) is 0 Å². The lowest BCUT2D eigenvalue weighted by Gasteiger charge is -2.11. The first-order valence-electron chi connectivity index (χ1n) is 4.89. The largest absolute Gasteiger partial charge is 0.306 e. The fourth-order valence-corrected chi connectivity index (χ4v) is 1.73. The van der Waals surface area contributed by atoms with Crippen LogP contribution in [-0.2, 0) is 13.6 Å². The van der Waals surface area contributed by atoms with Crippen molar-refractivity contribution in [1.82, 2.24) is 30.4 Å². The molecule has 0 saturated carbocycles. The second kappa shape index (κ2) is 4.02. The number of likely N-dealkylation sites (N-methyl/N-ethyl adjacent to an activating group) is 1. The van der Waals surface area contributed by atoms with E-state index in [9.17, 15) is 0 Å². The molecule has 1 fully saturated rings. The van der Waals surface area contributed by atoms with E-state index in [1.165, 1.54) is 13.0 Å². The number of nitrogens with zero attached hydrogens (tertiary/aromatic N) is 5. The molecule has 1 aromatic rings. The lowest BCUT2D eigenvalue weighted by molar-refractivity contribution is 0.395. The number of aromatic nitrogens is 4. The summed E-state index contributed by atoms with van der Waals surface area (Å²) in [5, 5.41) is 14.7. The van der Waals surface area contributed by atoms with E-state index in [1.54, 1.807) is 4.68 Å². The van der Waals surface area contributed by atoms with Crippen LogP contribution in [0.1, 0.15) is 12.2 Å². The van der Waals surface area contributed by atoms with Crippen LogP contribution in [0.15, 0.2) is 0 Å². The molecule has 0 spiro atoms. The smallest absolute Gasteiger partial charge is 0.164 e. The molecule has 0 aromatic carbocycles. The van der Waals surface area contributed by atoms with Crippen LogP contribution >= 0.6 is 0 Å². The van der Waals surface area contributed by atoms with Gasteiger partial charge in [0, 0.05) is 19.6 Å². The van der Waals surface area contributed by atoms with Crippen LogP contribution in [0.4, 0.5) is 0 Å². The zero-order chi connectivity index (χ0) is 9.97. The highest BCUT2D eigenvalue weighted by atomic mass is 15.5. The number of tetrazole rings is 1. The van der Waals surface area contributed by atoms with E-state index in [0.29, 0.717) is 6.04 Å². The minimum atomic E-state index is 0.580. The molecular weight excluding hydrogens is 180 g/mol. The highest BCUT2D eigenvalue weighted by molar-refractivity contribution is 4.84. The summed E-state index contributed by atoms with van der Waals surface area (Å²) in [5.74, 6) is 0.888. The van der Waals surface area contributed by atoms with Crippen LogP contribution < -0.4 is 5.32 Å². The number of nitrogens with one attached hydrogen (secondary N) is 1. The number of hydrogen-bond donors (Lipinski definition) is 1. The third-order valence-electron chi connectivity index (χ3n) is 2.65. The lowest BCUT2D eigenvalue weighted by Crippen LogP contribution is -2.31. The third-order valence-corrected chi connectivity index (χ3v) is 2.65. The first-order chi connectivity index (χ1) is 6.75.